The lowest BCUT2D eigenvalue weighted by Gasteiger charge is -2.38. The number of hydrogen-bond acceptors (Lipinski definition) is 3. The zero-order valence-electron chi connectivity index (χ0n) is 8.61. The molecule has 0 spiro atoms. The first-order valence-corrected chi connectivity index (χ1v) is 5.09. The topological polar surface area (TPSA) is 42.1 Å². The number of likely N-dealkylation sites (N-methyl/N-ethyl adjacent to an activating group) is 1. The molecule has 2 rings (SSSR count). The summed E-state index contributed by atoms with van der Waals surface area (Å²) >= 11 is 0. The predicted octanol–water partition coefficient (Wildman–Crippen LogP) is 0.961. The van der Waals surface area contributed by atoms with Crippen LogP contribution in [0.1, 0.15) is 18.4 Å². The summed E-state index contributed by atoms with van der Waals surface area (Å²) in [6.07, 6.45) is 5.91. The van der Waals surface area contributed by atoms with E-state index in [9.17, 15) is 0 Å². The molecule has 0 saturated carbocycles. The van der Waals surface area contributed by atoms with E-state index in [0.717, 1.165) is 25.1 Å². The van der Waals surface area contributed by atoms with Crippen molar-refractivity contribution in [2.45, 2.75) is 18.4 Å². The number of pyridine rings is 1. The molecular weight excluding hydrogens is 174 g/mol. The van der Waals surface area contributed by atoms with E-state index in [1.807, 2.05) is 12.3 Å². The van der Waals surface area contributed by atoms with Gasteiger partial charge in [0.15, 0.2) is 0 Å². The van der Waals surface area contributed by atoms with Gasteiger partial charge < -0.3 is 10.6 Å². The van der Waals surface area contributed by atoms with Crippen molar-refractivity contribution in [3.63, 3.8) is 0 Å². The van der Waals surface area contributed by atoms with Crippen LogP contribution >= 0.6 is 0 Å². The third-order valence-corrected chi connectivity index (χ3v) is 2.95. The molecule has 2 N–H and O–H groups in total. The summed E-state index contributed by atoms with van der Waals surface area (Å²) in [6, 6.07) is 4.03. The highest BCUT2D eigenvalue weighted by atomic mass is 15.1. The molecule has 76 valence electrons. The van der Waals surface area contributed by atoms with E-state index >= 15 is 0 Å². The number of likely N-dealkylation sites (tertiary alicyclic amines) is 1. The maximum absolute atomic E-state index is 6.39. The maximum atomic E-state index is 6.39. The molecule has 1 aliphatic rings. The molecule has 1 aromatic rings. The highest BCUT2D eigenvalue weighted by molar-refractivity contribution is 5.21. The molecule has 0 amide bonds. The molecule has 1 fully saturated rings. The fraction of sp³-hybridized carbons (Fsp3) is 0.545. The molecular formula is C11H17N3. The van der Waals surface area contributed by atoms with Crippen LogP contribution in [-0.4, -0.2) is 30.0 Å². The summed E-state index contributed by atoms with van der Waals surface area (Å²) in [4.78, 5) is 6.42. The first kappa shape index (κ1) is 9.62. The van der Waals surface area contributed by atoms with Gasteiger partial charge in [-0.3, -0.25) is 4.98 Å². The summed E-state index contributed by atoms with van der Waals surface area (Å²) in [6.45, 7) is 2.08. The van der Waals surface area contributed by atoms with Crippen LogP contribution in [0, 0.1) is 0 Å². The Morgan fingerprint density at radius 2 is 2.43 bits per heavy atom. The summed E-state index contributed by atoms with van der Waals surface area (Å²) in [7, 11) is 2.12. The summed E-state index contributed by atoms with van der Waals surface area (Å²) in [5.41, 5.74) is 7.35. The van der Waals surface area contributed by atoms with Gasteiger partial charge in [-0.1, -0.05) is 6.07 Å². The SMILES string of the molecule is CN1CCCC(N)(c2cccnc2)C1. The van der Waals surface area contributed by atoms with Gasteiger partial charge in [-0.2, -0.15) is 0 Å². The van der Waals surface area contributed by atoms with Crippen LogP contribution in [0.3, 0.4) is 0 Å². The smallest absolute Gasteiger partial charge is 0.0554 e. The van der Waals surface area contributed by atoms with Crippen LogP contribution in [0.15, 0.2) is 24.5 Å². The highest BCUT2D eigenvalue weighted by Crippen LogP contribution is 2.27. The molecule has 1 atom stereocenters. The van der Waals surface area contributed by atoms with Crippen molar-refractivity contribution in [3.05, 3.63) is 30.1 Å². The third kappa shape index (κ3) is 1.79. The molecule has 0 radical (unpaired) electrons. The van der Waals surface area contributed by atoms with Crippen LogP contribution in [0.2, 0.25) is 0 Å². The summed E-state index contributed by atoms with van der Waals surface area (Å²) in [5.74, 6) is 0. The highest BCUT2D eigenvalue weighted by Gasteiger charge is 2.31. The quantitative estimate of drug-likeness (QED) is 0.719. The second-order valence-corrected chi connectivity index (χ2v) is 4.24. The molecule has 1 aromatic heterocycles. The van der Waals surface area contributed by atoms with E-state index in [1.165, 1.54) is 6.42 Å². The van der Waals surface area contributed by atoms with E-state index in [1.54, 1.807) is 6.20 Å². The van der Waals surface area contributed by atoms with E-state index in [4.69, 9.17) is 5.73 Å². The van der Waals surface area contributed by atoms with Gasteiger partial charge in [0.25, 0.3) is 0 Å². The lowest BCUT2D eigenvalue weighted by Crippen LogP contribution is -2.50. The Morgan fingerprint density at radius 1 is 1.57 bits per heavy atom. The van der Waals surface area contributed by atoms with E-state index < -0.39 is 0 Å². The van der Waals surface area contributed by atoms with Gasteiger partial charge in [0, 0.05) is 18.9 Å². The molecule has 2 heterocycles. The maximum Gasteiger partial charge on any atom is 0.0554 e. The van der Waals surface area contributed by atoms with Crippen LogP contribution in [-0.2, 0) is 5.54 Å². The average molecular weight is 191 g/mol. The number of nitrogens with two attached hydrogens (primary N) is 1. The minimum atomic E-state index is -0.193. The molecule has 1 saturated heterocycles. The number of piperidine rings is 1. The van der Waals surface area contributed by atoms with Crippen molar-refractivity contribution in [2.75, 3.05) is 20.1 Å². The first-order chi connectivity index (χ1) is 6.71. The number of rotatable bonds is 1. The lowest BCUT2D eigenvalue weighted by molar-refractivity contribution is 0.179. The monoisotopic (exact) mass is 191 g/mol. The number of aromatic nitrogens is 1. The van der Waals surface area contributed by atoms with Gasteiger partial charge in [0.05, 0.1) is 5.54 Å². The van der Waals surface area contributed by atoms with Crippen LogP contribution in [0.5, 0.6) is 0 Å². The van der Waals surface area contributed by atoms with Gasteiger partial charge in [0.2, 0.25) is 0 Å². The average Bonchev–Trinajstić information content (AvgIpc) is 2.19. The summed E-state index contributed by atoms with van der Waals surface area (Å²) in [5, 5.41) is 0. The van der Waals surface area contributed by atoms with Gasteiger partial charge in [0.1, 0.15) is 0 Å². The molecule has 1 unspecified atom stereocenters. The second-order valence-electron chi connectivity index (χ2n) is 4.24. The molecule has 3 nitrogen and oxygen atoms in total. The van der Waals surface area contributed by atoms with Crippen molar-refractivity contribution < 1.29 is 0 Å². The number of hydrogen-bond donors (Lipinski definition) is 1. The summed E-state index contributed by atoms with van der Waals surface area (Å²) < 4.78 is 0. The van der Waals surface area contributed by atoms with Gasteiger partial charge in [-0.15, -0.1) is 0 Å². The fourth-order valence-electron chi connectivity index (χ4n) is 2.20. The lowest BCUT2D eigenvalue weighted by atomic mass is 9.84. The number of nitrogens with zero attached hydrogens (tertiary/aromatic N) is 2. The van der Waals surface area contributed by atoms with Gasteiger partial charge in [-0.25, -0.2) is 0 Å². The second kappa shape index (κ2) is 3.67. The van der Waals surface area contributed by atoms with Gasteiger partial charge >= 0.3 is 0 Å². The predicted molar refractivity (Wildman–Crippen MR) is 56.8 cm³/mol. The third-order valence-electron chi connectivity index (χ3n) is 2.95. The van der Waals surface area contributed by atoms with Crippen molar-refractivity contribution in [2.24, 2.45) is 5.73 Å². The molecule has 0 aliphatic carbocycles. The molecule has 1 aliphatic heterocycles. The van der Waals surface area contributed by atoms with E-state index in [2.05, 4.69) is 23.0 Å². The Hall–Kier alpha value is -0.930. The van der Waals surface area contributed by atoms with Crippen LogP contribution in [0.25, 0.3) is 0 Å². The van der Waals surface area contributed by atoms with Crippen molar-refractivity contribution >= 4 is 0 Å². The molecule has 14 heavy (non-hydrogen) atoms. The standard InChI is InChI=1S/C11H17N3/c1-14-7-3-5-11(12,9-14)10-4-2-6-13-8-10/h2,4,6,8H,3,5,7,9,12H2,1H3. The minimum absolute atomic E-state index is 0.193. The Morgan fingerprint density at radius 3 is 3.07 bits per heavy atom. The Labute approximate surface area is 84.9 Å². The Bertz CT molecular complexity index is 299. The minimum Gasteiger partial charge on any atom is -0.320 e. The first-order valence-electron chi connectivity index (χ1n) is 5.09. The van der Waals surface area contributed by atoms with E-state index in [-0.39, 0.29) is 5.54 Å². The zero-order valence-corrected chi connectivity index (χ0v) is 8.61. The van der Waals surface area contributed by atoms with E-state index in [0.29, 0.717) is 0 Å². The zero-order chi connectivity index (χ0) is 10.0. The normalized spacial score (nSPS) is 29.0. The largest absolute Gasteiger partial charge is 0.320 e. The molecule has 0 aromatic carbocycles. The van der Waals surface area contributed by atoms with Crippen LogP contribution in [0.4, 0.5) is 0 Å². The van der Waals surface area contributed by atoms with Crippen molar-refractivity contribution in [1.82, 2.24) is 9.88 Å². The van der Waals surface area contributed by atoms with Crippen molar-refractivity contribution in [1.29, 1.82) is 0 Å². The van der Waals surface area contributed by atoms with Crippen molar-refractivity contribution in [3.8, 4) is 0 Å². The van der Waals surface area contributed by atoms with Gasteiger partial charge in [-0.05, 0) is 38.1 Å². The van der Waals surface area contributed by atoms with Crippen LogP contribution < -0.4 is 5.73 Å². The molecule has 0 bridgehead atoms. The Balaban J connectivity index is 2.23. The molecule has 3 heteroatoms. The Kier molecular flexibility index (Phi) is 2.52. The fourth-order valence-corrected chi connectivity index (χ4v) is 2.20.